The smallest absolute Gasteiger partial charge is 0.228 e. The van der Waals surface area contributed by atoms with Crippen molar-refractivity contribution in [2.24, 2.45) is 0 Å². The van der Waals surface area contributed by atoms with Crippen LogP contribution >= 0.6 is 0 Å². The summed E-state index contributed by atoms with van der Waals surface area (Å²) >= 11 is 0. The Morgan fingerprint density at radius 1 is 0.870 bits per heavy atom. The molecule has 0 bridgehead atoms. The highest BCUT2D eigenvalue weighted by Gasteiger charge is 2.38. The van der Waals surface area contributed by atoms with E-state index in [1.807, 2.05) is 19.1 Å². The fourth-order valence-corrected chi connectivity index (χ4v) is 2.49. The molecule has 1 fully saturated rings. The van der Waals surface area contributed by atoms with Crippen molar-refractivity contribution in [2.75, 3.05) is 6.61 Å². The van der Waals surface area contributed by atoms with E-state index in [1.165, 1.54) is 5.56 Å². The third-order valence-electron chi connectivity index (χ3n) is 3.95. The van der Waals surface area contributed by atoms with E-state index in [4.69, 9.17) is 9.47 Å². The van der Waals surface area contributed by atoms with E-state index in [-0.39, 0.29) is 6.61 Å². The summed E-state index contributed by atoms with van der Waals surface area (Å²) in [6, 6.07) is 15.6. The van der Waals surface area contributed by atoms with Crippen LogP contribution in [-0.2, 0) is 4.74 Å². The summed E-state index contributed by atoms with van der Waals surface area (Å²) in [4.78, 5) is 0. The van der Waals surface area contributed by atoms with Crippen LogP contribution in [0.3, 0.4) is 0 Å². The van der Waals surface area contributed by atoms with E-state index in [2.05, 4.69) is 24.3 Å². The predicted molar refractivity (Wildman–Crippen MR) is 85.0 cm³/mol. The largest absolute Gasteiger partial charge is 0.462 e. The second kappa shape index (κ2) is 6.68. The molecule has 1 heterocycles. The van der Waals surface area contributed by atoms with Crippen LogP contribution in [0.15, 0.2) is 48.5 Å². The van der Waals surface area contributed by atoms with Crippen molar-refractivity contribution in [1.82, 2.24) is 0 Å². The molecule has 4 unspecified atom stereocenters. The molecule has 0 spiro atoms. The van der Waals surface area contributed by atoms with Crippen LogP contribution in [0.2, 0.25) is 0 Å². The van der Waals surface area contributed by atoms with Crippen molar-refractivity contribution in [1.29, 1.82) is 0 Å². The van der Waals surface area contributed by atoms with Crippen molar-refractivity contribution in [3.8, 4) is 16.9 Å². The van der Waals surface area contributed by atoms with Gasteiger partial charge in [0.25, 0.3) is 0 Å². The fraction of sp³-hybridized carbons (Fsp3) is 0.333. The Hall–Kier alpha value is -1.92. The van der Waals surface area contributed by atoms with Crippen molar-refractivity contribution in [3.05, 3.63) is 54.1 Å². The van der Waals surface area contributed by atoms with Crippen LogP contribution < -0.4 is 4.74 Å². The predicted octanol–water partition coefficient (Wildman–Crippen LogP) is 1.48. The highest BCUT2D eigenvalue weighted by Crippen LogP contribution is 2.25. The third-order valence-corrected chi connectivity index (χ3v) is 3.95. The van der Waals surface area contributed by atoms with Crippen molar-refractivity contribution >= 4 is 0 Å². The average Bonchev–Trinajstić information content (AvgIpc) is 2.57. The Bertz CT molecular complexity index is 637. The van der Waals surface area contributed by atoms with E-state index < -0.39 is 24.6 Å². The van der Waals surface area contributed by atoms with Crippen molar-refractivity contribution in [3.63, 3.8) is 0 Å². The lowest BCUT2D eigenvalue weighted by molar-refractivity contribution is -0.242. The normalized spacial score (nSPS) is 27.7. The Kier molecular flexibility index (Phi) is 4.63. The summed E-state index contributed by atoms with van der Waals surface area (Å²) in [6.45, 7) is 1.96. The molecular weight excluding hydrogens is 296 g/mol. The maximum Gasteiger partial charge on any atom is 0.228 e. The molecule has 0 aliphatic carbocycles. The molecule has 0 aromatic heterocycles. The van der Waals surface area contributed by atoms with Crippen LogP contribution in [0.25, 0.3) is 11.1 Å². The molecule has 5 nitrogen and oxygen atoms in total. The molecule has 0 amide bonds. The molecule has 23 heavy (non-hydrogen) atoms. The molecule has 2 aromatic rings. The number of rotatable bonds is 3. The van der Waals surface area contributed by atoms with Gasteiger partial charge in [-0.15, -0.1) is 0 Å². The Morgan fingerprint density at radius 2 is 1.43 bits per heavy atom. The number of aliphatic hydroxyl groups excluding tert-OH is 3. The topological polar surface area (TPSA) is 79.2 Å². The molecule has 122 valence electrons. The van der Waals surface area contributed by atoms with E-state index in [0.717, 1.165) is 11.1 Å². The summed E-state index contributed by atoms with van der Waals surface area (Å²) < 4.78 is 10.8. The zero-order chi connectivity index (χ0) is 16.4. The van der Waals surface area contributed by atoms with Gasteiger partial charge in [-0.2, -0.15) is 0 Å². The molecule has 1 aliphatic rings. The van der Waals surface area contributed by atoms with Gasteiger partial charge in [-0.3, -0.25) is 0 Å². The highest BCUT2D eigenvalue weighted by atomic mass is 16.7. The molecule has 5 heteroatoms. The van der Waals surface area contributed by atoms with Crippen LogP contribution in [0.4, 0.5) is 0 Å². The summed E-state index contributed by atoms with van der Waals surface area (Å²) in [5, 5.41) is 28.9. The molecule has 3 rings (SSSR count). The van der Waals surface area contributed by atoms with Gasteiger partial charge >= 0.3 is 0 Å². The molecule has 3 N–H and O–H groups in total. The lowest BCUT2D eigenvalue weighted by atomic mass is 10.0. The van der Waals surface area contributed by atoms with Gasteiger partial charge in [-0.25, -0.2) is 0 Å². The first-order chi connectivity index (χ1) is 11.0. The van der Waals surface area contributed by atoms with E-state index >= 15 is 0 Å². The quantitative estimate of drug-likeness (QED) is 0.799. The summed E-state index contributed by atoms with van der Waals surface area (Å²) in [7, 11) is 0. The van der Waals surface area contributed by atoms with Crippen molar-refractivity contribution < 1.29 is 24.8 Å². The van der Waals surface area contributed by atoms with Crippen LogP contribution in [0.1, 0.15) is 5.56 Å². The number of aryl methyl sites for hydroxylation is 1. The molecule has 2 aromatic carbocycles. The van der Waals surface area contributed by atoms with Gasteiger partial charge in [0.2, 0.25) is 6.29 Å². The Balaban J connectivity index is 1.69. The fourth-order valence-electron chi connectivity index (χ4n) is 2.49. The first-order valence-corrected chi connectivity index (χ1v) is 7.54. The minimum absolute atomic E-state index is 0.0790. The summed E-state index contributed by atoms with van der Waals surface area (Å²) in [5.74, 6) is 0.522. The van der Waals surface area contributed by atoms with Gasteiger partial charge < -0.3 is 24.8 Å². The maximum absolute atomic E-state index is 9.87. The van der Waals surface area contributed by atoms with Gasteiger partial charge in [0.05, 0.1) is 6.61 Å². The highest BCUT2D eigenvalue weighted by molar-refractivity contribution is 5.64. The number of hydrogen-bond acceptors (Lipinski definition) is 5. The number of benzene rings is 2. The summed E-state index contributed by atoms with van der Waals surface area (Å²) in [5.41, 5.74) is 3.37. The maximum atomic E-state index is 9.87. The number of hydrogen-bond donors (Lipinski definition) is 3. The number of ether oxygens (including phenoxy) is 2. The Morgan fingerprint density at radius 3 is 2.04 bits per heavy atom. The minimum Gasteiger partial charge on any atom is -0.462 e. The second-order valence-corrected chi connectivity index (χ2v) is 5.76. The van der Waals surface area contributed by atoms with Gasteiger partial charge in [-0.1, -0.05) is 42.0 Å². The van der Waals surface area contributed by atoms with Crippen LogP contribution in [0.5, 0.6) is 5.75 Å². The van der Waals surface area contributed by atoms with Crippen molar-refractivity contribution in [2.45, 2.75) is 31.5 Å². The third kappa shape index (κ3) is 3.54. The van der Waals surface area contributed by atoms with Gasteiger partial charge in [-0.05, 0) is 30.2 Å². The first-order valence-electron chi connectivity index (χ1n) is 7.54. The van der Waals surface area contributed by atoms with Gasteiger partial charge in [0, 0.05) is 0 Å². The van der Waals surface area contributed by atoms with E-state index in [1.54, 1.807) is 12.1 Å². The minimum atomic E-state index is -1.30. The molecule has 4 atom stereocenters. The zero-order valence-corrected chi connectivity index (χ0v) is 12.8. The SMILES string of the molecule is Cc1ccc(-c2ccc(OC3OCC(O)C(O)C3O)cc2)cc1. The Labute approximate surface area is 134 Å². The average molecular weight is 316 g/mol. The monoisotopic (exact) mass is 316 g/mol. The summed E-state index contributed by atoms with van der Waals surface area (Å²) in [6.07, 6.45) is -4.68. The second-order valence-electron chi connectivity index (χ2n) is 5.76. The molecule has 1 saturated heterocycles. The lowest BCUT2D eigenvalue weighted by Crippen LogP contribution is -2.54. The van der Waals surface area contributed by atoms with Crippen LogP contribution in [0, 0.1) is 6.92 Å². The van der Waals surface area contributed by atoms with Gasteiger partial charge in [0.15, 0.2) is 0 Å². The molecule has 0 radical (unpaired) electrons. The van der Waals surface area contributed by atoms with E-state index in [9.17, 15) is 15.3 Å². The molecule has 0 saturated carbocycles. The first kappa shape index (κ1) is 16.0. The lowest BCUT2D eigenvalue weighted by Gasteiger charge is -2.34. The zero-order valence-electron chi connectivity index (χ0n) is 12.8. The molecule has 1 aliphatic heterocycles. The number of aliphatic hydroxyl groups is 3. The standard InChI is InChI=1S/C18H20O5/c1-11-2-4-12(5-3-11)13-6-8-14(9-7-13)23-18-17(21)16(20)15(19)10-22-18/h2-9,15-21H,10H2,1H3. The van der Waals surface area contributed by atoms with Crippen LogP contribution in [-0.4, -0.2) is 46.5 Å². The van der Waals surface area contributed by atoms with Gasteiger partial charge in [0.1, 0.15) is 24.1 Å². The molecular formula is C18H20O5. The van der Waals surface area contributed by atoms with E-state index in [0.29, 0.717) is 5.75 Å².